The summed E-state index contributed by atoms with van der Waals surface area (Å²) in [6.07, 6.45) is -0.347. The lowest BCUT2D eigenvalue weighted by molar-refractivity contribution is -0.138. The number of carbonyl (C=O) groups excluding carboxylic acids is 2. The highest BCUT2D eigenvalue weighted by Crippen LogP contribution is 2.26. The maximum absolute atomic E-state index is 13.1. The second-order valence-corrected chi connectivity index (χ2v) is 8.28. The molecule has 0 fully saturated rings. The second kappa shape index (κ2) is 11.1. The molecule has 4 N–H and O–H groups in total. The fourth-order valence-corrected chi connectivity index (χ4v) is 3.64. The standard InChI is InChI=1S/C28H24N4O5/c1-17(18-6-10-20(11-7-18)29-26(34)14-15-27(35)36)31-32-28(37)23-16-25(19-8-12-21(33)13-9-19)30-24-5-3-2-4-22(23)24/h2-13,16,33H,14-15H2,1H3,(H,29,34)(H,32,37)(H,35,36). The number of phenolic OH excluding ortho intramolecular Hbond substituents is 1. The Morgan fingerprint density at radius 2 is 1.62 bits per heavy atom. The molecule has 0 unspecified atom stereocenters. The van der Waals surface area contributed by atoms with Gasteiger partial charge in [-0.1, -0.05) is 30.3 Å². The number of hydrogen-bond donors (Lipinski definition) is 4. The first kappa shape index (κ1) is 25.1. The van der Waals surface area contributed by atoms with Crippen LogP contribution in [0.3, 0.4) is 0 Å². The number of amides is 2. The number of pyridine rings is 1. The summed E-state index contributed by atoms with van der Waals surface area (Å²) in [4.78, 5) is 40.2. The number of hydrogen-bond acceptors (Lipinski definition) is 6. The lowest BCUT2D eigenvalue weighted by Gasteiger charge is -2.10. The molecule has 4 aromatic rings. The van der Waals surface area contributed by atoms with Gasteiger partial charge in [0.1, 0.15) is 5.75 Å². The van der Waals surface area contributed by atoms with Gasteiger partial charge in [-0.05, 0) is 61.0 Å². The maximum atomic E-state index is 13.1. The van der Waals surface area contributed by atoms with Gasteiger partial charge in [0.05, 0.1) is 28.9 Å². The molecule has 0 saturated carbocycles. The fraction of sp³-hybridized carbons (Fsp3) is 0.107. The third kappa shape index (κ3) is 6.34. The molecular formula is C28H24N4O5. The van der Waals surface area contributed by atoms with Gasteiger partial charge in [0, 0.05) is 23.1 Å². The summed E-state index contributed by atoms with van der Waals surface area (Å²) in [5.74, 6) is -1.68. The zero-order valence-corrected chi connectivity index (χ0v) is 19.9. The van der Waals surface area contributed by atoms with E-state index in [2.05, 4.69) is 20.8 Å². The van der Waals surface area contributed by atoms with Crippen molar-refractivity contribution >= 4 is 40.1 Å². The summed E-state index contributed by atoms with van der Waals surface area (Å²) in [5, 5.41) is 25.8. The summed E-state index contributed by atoms with van der Waals surface area (Å²) < 4.78 is 0. The van der Waals surface area contributed by atoms with Crippen LogP contribution in [0.1, 0.15) is 35.7 Å². The normalized spacial score (nSPS) is 11.2. The number of hydrazone groups is 1. The Balaban J connectivity index is 1.51. The van der Waals surface area contributed by atoms with Gasteiger partial charge in [-0.3, -0.25) is 14.4 Å². The van der Waals surface area contributed by atoms with Crippen LogP contribution in [0.15, 0.2) is 84.0 Å². The van der Waals surface area contributed by atoms with Crippen LogP contribution in [-0.2, 0) is 9.59 Å². The number of nitrogens with zero attached hydrogens (tertiary/aromatic N) is 2. The van der Waals surface area contributed by atoms with Gasteiger partial charge in [0.25, 0.3) is 5.91 Å². The molecule has 0 saturated heterocycles. The molecule has 0 aliphatic carbocycles. The third-order valence-corrected chi connectivity index (χ3v) is 5.60. The van der Waals surface area contributed by atoms with Crippen molar-refractivity contribution in [2.75, 3.05) is 5.32 Å². The van der Waals surface area contributed by atoms with Crippen molar-refractivity contribution in [1.82, 2.24) is 10.4 Å². The van der Waals surface area contributed by atoms with Gasteiger partial charge in [0.2, 0.25) is 5.91 Å². The van der Waals surface area contributed by atoms with Gasteiger partial charge >= 0.3 is 5.97 Å². The SMILES string of the molecule is CC(=NNC(=O)c1cc(-c2ccc(O)cc2)nc2ccccc12)c1ccc(NC(=O)CCC(=O)O)cc1. The Morgan fingerprint density at radius 3 is 2.32 bits per heavy atom. The highest BCUT2D eigenvalue weighted by atomic mass is 16.4. The number of rotatable bonds is 8. The summed E-state index contributed by atoms with van der Waals surface area (Å²) in [5.41, 5.74) is 6.82. The molecule has 1 aromatic heterocycles. The number of benzene rings is 3. The predicted octanol–water partition coefficient (Wildman–Crippen LogP) is 4.56. The van der Waals surface area contributed by atoms with E-state index in [9.17, 15) is 19.5 Å². The van der Waals surface area contributed by atoms with Gasteiger partial charge < -0.3 is 15.5 Å². The number of fused-ring (bicyclic) bond motifs is 1. The van der Waals surface area contributed by atoms with Crippen molar-refractivity contribution in [3.8, 4) is 17.0 Å². The number of aromatic hydroxyl groups is 1. The summed E-state index contributed by atoms with van der Waals surface area (Å²) >= 11 is 0. The molecule has 0 aliphatic heterocycles. The minimum atomic E-state index is -1.03. The molecule has 9 nitrogen and oxygen atoms in total. The first-order chi connectivity index (χ1) is 17.8. The van der Waals surface area contributed by atoms with Crippen LogP contribution in [0, 0.1) is 0 Å². The van der Waals surface area contributed by atoms with Crippen LogP contribution in [0.5, 0.6) is 5.75 Å². The zero-order chi connectivity index (χ0) is 26.4. The molecule has 2 amide bonds. The number of carbonyl (C=O) groups is 3. The van der Waals surface area contributed by atoms with Crippen LogP contribution in [0.25, 0.3) is 22.2 Å². The minimum absolute atomic E-state index is 0.109. The average Bonchev–Trinajstić information content (AvgIpc) is 2.90. The van der Waals surface area contributed by atoms with Crippen molar-refractivity contribution < 1.29 is 24.6 Å². The molecule has 186 valence electrons. The van der Waals surface area contributed by atoms with Crippen molar-refractivity contribution in [2.45, 2.75) is 19.8 Å². The molecule has 4 rings (SSSR count). The van der Waals surface area contributed by atoms with E-state index in [4.69, 9.17) is 5.11 Å². The first-order valence-corrected chi connectivity index (χ1v) is 11.5. The van der Waals surface area contributed by atoms with Crippen molar-refractivity contribution in [2.24, 2.45) is 5.10 Å². The lowest BCUT2D eigenvalue weighted by atomic mass is 10.0. The number of anilines is 1. The minimum Gasteiger partial charge on any atom is -0.508 e. The van der Waals surface area contributed by atoms with Crippen molar-refractivity contribution in [1.29, 1.82) is 0 Å². The Bertz CT molecular complexity index is 1500. The first-order valence-electron chi connectivity index (χ1n) is 11.5. The van der Waals surface area contributed by atoms with E-state index in [1.54, 1.807) is 61.5 Å². The largest absolute Gasteiger partial charge is 0.508 e. The van der Waals surface area contributed by atoms with Crippen LogP contribution in [0.4, 0.5) is 5.69 Å². The van der Waals surface area contributed by atoms with Crippen LogP contribution in [0.2, 0.25) is 0 Å². The Hall–Kier alpha value is -5.05. The van der Waals surface area contributed by atoms with E-state index in [0.717, 1.165) is 11.1 Å². The molecular weight excluding hydrogens is 472 g/mol. The summed E-state index contributed by atoms with van der Waals surface area (Å²) in [6.45, 7) is 1.74. The Labute approximate surface area is 212 Å². The number of aromatic nitrogens is 1. The molecule has 1 heterocycles. The second-order valence-electron chi connectivity index (χ2n) is 8.28. The lowest BCUT2D eigenvalue weighted by Crippen LogP contribution is -2.20. The smallest absolute Gasteiger partial charge is 0.303 e. The number of aliphatic carboxylic acids is 1. The third-order valence-electron chi connectivity index (χ3n) is 5.60. The summed E-state index contributed by atoms with van der Waals surface area (Å²) in [7, 11) is 0. The fourth-order valence-electron chi connectivity index (χ4n) is 3.64. The molecule has 37 heavy (non-hydrogen) atoms. The van der Waals surface area contributed by atoms with E-state index >= 15 is 0 Å². The predicted molar refractivity (Wildman–Crippen MR) is 140 cm³/mol. The van der Waals surface area contributed by atoms with E-state index < -0.39 is 11.9 Å². The van der Waals surface area contributed by atoms with Crippen LogP contribution in [-0.4, -0.2) is 38.7 Å². The van der Waals surface area contributed by atoms with Gasteiger partial charge in [0.15, 0.2) is 0 Å². The molecule has 0 radical (unpaired) electrons. The number of nitrogens with one attached hydrogen (secondary N) is 2. The van der Waals surface area contributed by atoms with Gasteiger partial charge in [-0.25, -0.2) is 10.4 Å². The van der Waals surface area contributed by atoms with Gasteiger partial charge in [-0.2, -0.15) is 5.10 Å². The van der Waals surface area contributed by atoms with Gasteiger partial charge in [-0.15, -0.1) is 0 Å². The Kier molecular flexibility index (Phi) is 7.53. The van der Waals surface area contributed by atoms with E-state index in [0.29, 0.717) is 33.6 Å². The van der Waals surface area contributed by atoms with Crippen LogP contribution >= 0.6 is 0 Å². The molecule has 0 aliphatic rings. The highest BCUT2D eigenvalue weighted by molar-refractivity contribution is 6.08. The molecule has 0 spiro atoms. The van der Waals surface area contributed by atoms with Crippen molar-refractivity contribution in [3.63, 3.8) is 0 Å². The van der Waals surface area contributed by atoms with E-state index in [1.165, 1.54) is 0 Å². The van der Waals surface area contributed by atoms with Crippen LogP contribution < -0.4 is 10.7 Å². The Morgan fingerprint density at radius 1 is 0.919 bits per heavy atom. The molecule has 9 heteroatoms. The number of carboxylic acid groups (broad SMARTS) is 1. The zero-order valence-electron chi connectivity index (χ0n) is 19.9. The molecule has 3 aromatic carbocycles. The number of carboxylic acids is 1. The monoisotopic (exact) mass is 496 g/mol. The number of para-hydroxylation sites is 1. The van der Waals surface area contributed by atoms with E-state index in [-0.39, 0.29) is 24.5 Å². The molecule has 0 bridgehead atoms. The quantitative estimate of drug-likeness (QED) is 0.208. The highest BCUT2D eigenvalue weighted by Gasteiger charge is 2.14. The van der Waals surface area contributed by atoms with E-state index in [1.807, 2.05) is 24.3 Å². The topological polar surface area (TPSA) is 141 Å². The summed E-state index contributed by atoms with van der Waals surface area (Å²) in [6, 6.07) is 22.4. The number of phenols is 1. The maximum Gasteiger partial charge on any atom is 0.303 e. The average molecular weight is 497 g/mol. The van der Waals surface area contributed by atoms with Crippen molar-refractivity contribution in [3.05, 3.63) is 90.0 Å². The molecule has 0 atom stereocenters.